The number of Topliss-reactive ketones (excluding diaryl/α,β-unsaturated/α-hetero) is 1. The molecule has 0 aliphatic rings. The highest BCUT2D eigenvalue weighted by molar-refractivity contribution is 6.00. The molecule has 1 aromatic heterocycles. The maximum Gasteiger partial charge on any atom is 0.331 e. The van der Waals surface area contributed by atoms with E-state index in [2.05, 4.69) is 0 Å². The second-order valence-corrected chi connectivity index (χ2v) is 6.64. The van der Waals surface area contributed by atoms with Crippen molar-refractivity contribution in [3.63, 3.8) is 0 Å². The van der Waals surface area contributed by atoms with Crippen LogP contribution in [0.3, 0.4) is 0 Å². The molecule has 0 aliphatic carbocycles. The van der Waals surface area contributed by atoms with Crippen LogP contribution in [-0.2, 0) is 22.6 Å². The first-order valence-corrected chi connectivity index (χ1v) is 9.18. The Kier molecular flexibility index (Phi) is 6.36. The van der Waals surface area contributed by atoms with Gasteiger partial charge < -0.3 is 4.74 Å². The quantitative estimate of drug-likeness (QED) is 0.439. The summed E-state index contributed by atoms with van der Waals surface area (Å²) in [5.74, 6) is -1.92. The second-order valence-electron chi connectivity index (χ2n) is 6.64. The Hall–Kier alpha value is -3.81. The number of aromatic nitrogens is 2. The molecular weight excluding hydrogens is 391 g/mol. The molecule has 3 aromatic rings. The molecule has 0 unspecified atom stereocenters. The number of ketones is 1. The minimum atomic E-state index is -1.16. The van der Waals surface area contributed by atoms with Crippen LogP contribution in [0.2, 0.25) is 0 Å². The molecular formula is C22H19FN2O5. The molecule has 0 bridgehead atoms. The SMILES string of the molecule is C[C@H](OC(=O)Cn1c(=O)ccn(Cc2ccccc2)c1=O)C(=O)c1ccc(F)cc1. The van der Waals surface area contributed by atoms with Crippen molar-refractivity contribution in [1.82, 2.24) is 9.13 Å². The molecule has 8 heteroatoms. The van der Waals surface area contributed by atoms with E-state index >= 15 is 0 Å². The Labute approximate surface area is 171 Å². The second kappa shape index (κ2) is 9.13. The molecule has 1 heterocycles. The van der Waals surface area contributed by atoms with E-state index in [1.54, 1.807) is 0 Å². The molecule has 30 heavy (non-hydrogen) atoms. The fourth-order valence-electron chi connectivity index (χ4n) is 2.87. The average molecular weight is 410 g/mol. The summed E-state index contributed by atoms with van der Waals surface area (Å²) < 4.78 is 20.1. The van der Waals surface area contributed by atoms with E-state index in [1.807, 2.05) is 30.3 Å². The first-order valence-electron chi connectivity index (χ1n) is 9.18. The number of ether oxygens (including phenoxy) is 1. The number of halogens is 1. The Balaban J connectivity index is 1.72. The molecule has 2 aromatic carbocycles. The number of hydrogen-bond donors (Lipinski definition) is 0. The highest BCUT2D eigenvalue weighted by Gasteiger charge is 2.21. The Morgan fingerprint density at radius 2 is 1.67 bits per heavy atom. The summed E-state index contributed by atoms with van der Waals surface area (Å²) in [6, 6.07) is 15.2. The first-order chi connectivity index (χ1) is 14.3. The summed E-state index contributed by atoms with van der Waals surface area (Å²) in [5, 5.41) is 0. The summed E-state index contributed by atoms with van der Waals surface area (Å²) in [6.07, 6.45) is 0.203. The van der Waals surface area contributed by atoms with E-state index < -0.39 is 41.5 Å². The fourth-order valence-corrected chi connectivity index (χ4v) is 2.87. The third-order valence-corrected chi connectivity index (χ3v) is 4.43. The van der Waals surface area contributed by atoms with Crippen molar-refractivity contribution < 1.29 is 18.7 Å². The molecule has 3 rings (SSSR count). The fraction of sp³-hybridized carbons (Fsp3) is 0.182. The minimum Gasteiger partial charge on any atom is -0.453 e. The molecule has 7 nitrogen and oxygen atoms in total. The lowest BCUT2D eigenvalue weighted by Crippen LogP contribution is -2.41. The average Bonchev–Trinajstić information content (AvgIpc) is 2.74. The van der Waals surface area contributed by atoms with Crippen LogP contribution in [0.4, 0.5) is 4.39 Å². The molecule has 1 atom stereocenters. The van der Waals surface area contributed by atoms with Crippen LogP contribution in [-0.4, -0.2) is 27.0 Å². The van der Waals surface area contributed by atoms with Crippen LogP contribution < -0.4 is 11.2 Å². The van der Waals surface area contributed by atoms with Crippen LogP contribution in [0.25, 0.3) is 0 Å². The van der Waals surface area contributed by atoms with E-state index in [0.29, 0.717) is 0 Å². The van der Waals surface area contributed by atoms with Crippen LogP contribution in [0, 0.1) is 5.82 Å². The topological polar surface area (TPSA) is 87.4 Å². The van der Waals surface area contributed by atoms with Crippen LogP contribution in [0.1, 0.15) is 22.8 Å². The first kappa shape index (κ1) is 20.9. The predicted molar refractivity (Wildman–Crippen MR) is 107 cm³/mol. The number of carbonyl (C=O) groups is 2. The number of nitrogens with zero attached hydrogens (tertiary/aromatic N) is 2. The van der Waals surface area contributed by atoms with E-state index in [9.17, 15) is 23.6 Å². The normalized spacial score (nSPS) is 11.7. The number of rotatable bonds is 7. The van der Waals surface area contributed by atoms with Crippen molar-refractivity contribution in [3.05, 3.63) is 105 Å². The van der Waals surface area contributed by atoms with Crippen LogP contribution in [0.5, 0.6) is 0 Å². The lowest BCUT2D eigenvalue weighted by molar-refractivity contribution is -0.147. The van der Waals surface area contributed by atoms with Gasteiger partial charge in [-0.1, -0.05) is 30.3 Å². The van der Waals surface area contributed by atoms with E-state index in [4.69, 9.17) is 4.74 Å². The molecule has 0 aliphatic heterocycles. The van der Waals surface area contributed by atoms with Crippen molar-refractivity contribution in [3.8, 4) is 0 Å². The molecule has 154 valence electrons. The minimum absolute atomic E-state index is 0.179. The Bertz CT molecular complexity index is 1170. The molecule has 0 saturated heterocycles. The predicted octanol–water partition coefficient (Wildman–Crippen LogP) is 2.01. The van der Waals surface area contributed by atoms with E-state index in [-0.39, 0.29) is 12.1 Å². The number of benzene rings is 2. The van der Waals surface area contributed by atoms with Gasteiger partial charge in [0.15, 0.2) is 6.10 Å². The zero-order valence-electron chi connectivity index (χ0n) is 16.2. The van der Waals surface area contributed by atoms with E-state index in [0.717, 1.165) is 22.3 Å². The van der Waals surface area contributed by atoms with Gasteiger partial charge in [-0.15, -0.1) is 0 Å². The Morgan fingerprint density at radius 1 is 1.00 bits per heavy atom. The van der Waals surface area contributed by atoms with Crippen molar-refractivity contribution in [2.45, 2.75) is 26.1 Å². The third kappa shape index (κ3) is 4.96. The van der Waals surface area contributed by atoms with E-state index in [1.165, 1.54) is 35.9 Å². The molecule has 0 spiro atoms. The lowest BCUT2D eigenvalue weighted by Gasteiger charge is -2.14. The van der Waals surface area contributed by atoms with Gasteiger partial charge in [-0.3, -0.25) is 19.0 Å². The van der Waals surface area contributed by atoms with Gasteiger partial charge in [0.05, 0.1) is 6.54 Å². The van der Waals surface area contributed by atoms with Gasteiger partial charge in [0.1, 0.15) is 12.4 Å². The standard InChI is InChI=1S/C22H19FN2O5/c1-15(21(28)17-7-9-18(23)10-8-17)30-20(27)14-25-19(26)11-12-24(22(25)29)13-16-5-3-2-4-6-16/h2-12,15H,13-14H2,1H3/t15-/m0/s1. The summed E-state index contributed by atoms with van der Waals surface area (Å²) in [4.78, 5) is 49.3. The van der Waals surface area contributed by atoms with Gasteiger partial charge >= 0.3 is 11.7 Å². The lowest BCUT2D eigenvalue weighted by atomic mass is 10.1. The molecule has 0 amide bonds. The van der Waals surface area contributed by atoms with Gasteiger partial charge in [-0.05, 0) is 36.8 Å². The zero-order chi connectivity index (χ0) is 21.7. The van der Waals surface area contributed by atoms with Gasteiger partial charge in [-0.25, -0.2) is 13.8 Å². The van der Waals surface area contributed by atoms with Crippen molar-refractivity contribution in [2.24, 2.45) is 0 Å². The zero-order valence-corrected chi connectivity index (χ0v) is 16.2. The monoisotopic (exact) mass is 410 g/mol. The molecule has 0 fully saturated rings. The Morgan fingerprint density at radius 3 is 2.33 bits per heavy atom. The van der Waals surface area contributed by atoms with Crippen LogP contribution >= 0.6 is 0 Å². The summed E-state index contributed by atoms with van der Waals surface area (Å²) >= 11 is 0. The van der Waals surface area contributed by atoms with Gasteiger partial charge in [0, 0.05) is 17.8 Å². The van der Waals surface area contributed by atoms with Gasteiger partial charge in [0.25, 0.3) is 5.56 Å². The summed E-state index contributed by atoms with van der Waals surface area (Å²) in [6.45, 7) is 0.966. The van der Waals surface area contributed by atoms with Crippen molar-refractivity contribution >= 4 is 11.8 Å². The number of hydrogen-bond acceptors (Lipinski definition) is 5. The largest absolute Gasteiger partial charge is 0.453 e. The smallest absolute Gasteiger partial charge is 0.331 e. The number of carbonyl (C=O) groups excluding carboxylic acids is 2. The molecule has 0 saturated carbocycles. The molecule has 0 radical (unpaired) electrons. The third-order valence-electron chi connectivity index (χ3n) is 4.43. The summed E-state index contributed by atoms with van der Waals surface area (Å²) in [5.41, 5.74) is -0.288. The highest BCUT2D eigenvalue weighted by Crippen LogP contribution is 2.08. The van der Waals surface area contributed by atoms with Crippen molar-refractivity contribution in [1.29, 1.82) is 0 Å². The number of esters is 1. The van der Waals surface area contributed by atoms with Gasteiger partial charge in [0.2, 0.25) is 5.78 Å². The maximum absolute atomic E-state index is 13.0. The highest BCUT2D eigenvalue weighted by atomic mass is 19.1. The maximum atomic E-state index is 13.0. The summed E-state index contributed by atoms with van der Waals surface area (Å²) in [7, 11) is 0. The van der Waals surface area contributed by atoms with Gasteiger partial charge in [-0.2, -0.15) is 0 Å². The van der Waals surface area contributed by atoms with Crippen LogP contribution in [0.15, 0.2) is 76.4 Å². The molecule has 0 N–H and O–H groups in total. The van der Waals surface area contributed by atoms with Crippen molar-refractivity contribution in [2.75, 3.05) is 0 Å².